The first-order valence-electron chi connectivity index (χ1n) is 6.84. The van der Waals surface area contributed by atoms with Gasteiger partial charge in [0, 0.05) is 13.0 Å². The summed E-state index contributed by atoms with van der Waals surface area (Å²) in [5, 5.41) is 14.5. The maximum Gasteiger partial charge on any atom is 0.303 e. The van der Waals surface area contributed by atoms with Gasteiger partial charge in [-0.25, -0.2) is 0 Å². The Balaban J connectivity index is 3.86. The molecule has 0 fully saturated rings. The number of carboxylic acids is 1. The van der Waals surface area contributed by atoms with E-state index in [1.807, 2.05) is 6.92 Å². The average molecular weight is 258 g/mol. The van der Waals surface area contributed by atoms with Gasteiger partial charge in [-0.05, 0) is 19.4 Å². The van der Waals surface area contributed by atoms with E-state index in [0.717, 1.165) is 12.8 Å². The molecule has 5 heteroatoms. The molecule has 0 heterocycles. The predicted octanol–water partition coefficient (Wildman–Crippen LogP) is 1.53. The lowest BCUT2D eigenvalue weighted by molar-refractivity contribution is -0.137. The summed E-state index contributed by atoms with van der Waals surface area (Å²) >= 11 is 0. The molecule has 0 radical (unpaired) electrons. The third kappa shape index (κ3) is 8.98. The Morgan fingerprint density at radius 2 is 1.89 bits per heavy atom. The molecule has 0 aromatic heterocycles. The summed E-state index contributed by atoms with van der Waals surface area (Å²) in [6.07, 6.45) is 4.82. The quantitative estimate of drug-likeness (QED) is 0.491. The van der Waals surface area contributed by atoms with Gasteiger partial charge in [0.25, 0.3) is 0 Å². The minimum atomic E-state index is -0.867. The summed E-state index contributed by atoms with van der Waals surface area (Å²) < 4.78 is 0. The van der Waals surface area contributed by atoms with Crippen LogP contribution in [0.3, 0.4) is 0 Å². The van der Waals surface area contributed by atoms with Gasteiger partial charge in [0.15, 0.2) is 0 Å². The maximum absolute atomic E-state index is 11.8. The highest BCUT2D eigenvalue weighted by atomic mass is 16.4. The van der Waals surface area contributed by atoms with Gasteiger partial charge < -0.3 is 15.7 Å². The van der Waals surface area contributed by atoms with Crippen LogP contribution in [-0.4, -0.2) is 36.1 Å². The van der Waals surface area contributed by atoms with Crippen molar-refractivity contribution in [1.29, 1.82) is 0 Å². The second kappa shape index (κ2) is 11.0. The van der Waals surface area contributed by atoms with Crippen LogP contribution in [0.2, 0.25) is 0 Å². The van der Waals surface area contributed by atoms with E-state index in [4.69, 9.17) is 5.11 Å². The van der Waals surface area contributed by atoms with E-state index in [2.05, 4.69) is 17.6 Å². The first-order chi connectivity index (χ1) is 8.61. The van der Waals surface area contributed by atoms with Gasteiger partial charge in [-0.2, -0.15) is 0 Å². The summed E-state index contributed by atoms with van der Waals surface area (Å²) in [5.41, 5.74) is 0. The topological polar surface area (TPSA) is 78.4 Å². The van der Waals surface area contributed by atoms with Crippen molar-refractivity contribution < 1.29 is 14.7 Å². The van der Waals surface area contributed by atoms with E-state index < -0.39 is 12.0 Å². The van der Waals surface area contributed by atoms with Gasteiger partial charge in [-0.3, -0.25) is 9.59 Å². The van der Waals surface area contributed by atoms with Gasteiger partial charge in [0.2, 0.25) is 5.91 Å². The predicted molar refractivity (Wildman–Crippen MR) is 71.5 cm³/mol. The monoisotopic (exact) mass is 258 g/mol. The van der Waals surface area contributed by atoms with Crippen LogP contribution in [0.15, 0.2) is 0 Å². The smallest absolute Gasteiger partial charge is 0.303 e. The van der Waals surface area contributed by atoms with Gasteiger partial charge in [0.1, 0.15) is 0 Å². The van der Waals surface area contributed by atoms with Crippen LogP contribution in [0.25, 0.3) is 0 Å². The van der Waals surface area contributed by atoms with Crippen molar-refractivity contribution in [2.45, 2.75) is 58.4 Å². The molecule has 5 nitrogen and oxygen atoms in total. The Hall–Kier alpha value is -1.10. The first-order valence-corrected chi connectivity index (χ1v) is 6.84. The highest BCUT2D eigenvalue weighted by Gasteiger charge is 2.17. The van der Waals surface area contributed by atoms with E-state index in [9.17, 15) is 9.59 Å². The fourth-order valence-corrected chi connectivity index (χ4v) is 1.73. The number of carbonyl (C=O) groups is 2. The van der Waals surface area contributed by atoms with Crippen molar-refractivity contribution >= 4 is 11.9 Å². The molecule has 0 saturated heterocycles. The fourth-order valence-electron chi connectivity index (χ4n) is 1.73. The lowest BCUT2D eigenvalue weighted by Gasteiger charge is -2.16. The molecular formula is C13H26N2O3. The van der Waals surface area contributed by atoms with E-state index in [-0.39, 0.29) is 12.3 Å². The number of unbranched alkanes of at least 4 members (excludes halogenated alkanes) is 3. The molecule has 0 aliphatic rings. The second-order valence-electron chi connectivity index (χ2n) is 4.39. The third-order valence-electron chi connectivity index (χ3n) is 2.74. The minimum absolute atomic E-state index is 0.0148. The number of carboxylic acid groups (broad SMARTS) is 1. The average Bonchev–Trinajstić information content (AvgIpc) is 2.33. The molecule has 0 aromatic carbocycles. The zero-order valence-electron chi connectivity index (χ0n) is 11.5. The standard InChI is InChI=1S/C13H26N2O3/c1-3-5-6-7-10-15-13(18)11(14-4-2)8-9-12(16)17/h11,14H,3-10H2,1-2H3,(H,15,18)(H,16,17)/t11-/m0/s1. The molecule has 1 amide bonds. The van der Waals surface area contributed by atoms with E-state index in [0.29, 0.717) is 19.5 Å². The highest BCUT2D eigenvalue weighted by Crippen LogP contribution is 2.00. The van der Waals surface area contributed by atoms with Crippen molar-refractivity contribution in [2.24, 2.45) is 0 Å². The number of nitrogens with one attached hydrogen (secondary N) is 2. The molecule has 0 saturated carbocycles. The number of rotatable bonds is 11. The molecule has 18 heavy (non-hydrogen) atoms. The zero-order valence-corrected chi connectivity index (χ0v) is 11.5. The summed E-state index contributed by atoms with van der Waals surface area (Å²) in [4.78, 5) is 22.3. The summed E-state index contributed by atoms with van der Waals surface area (Å²) in [6, 6.07) is -0.391. The Morgan fingerprint density at radius 1 is 1.17 bits per heavy atom. The molecule has 0 spiro atoms. The Morgan fingerprint density at radius 3 is 2.44 bits per heavy atom. The molecule has 3 N–H and O–H groups in total. The number of amides is 1. The second-order valence-corrected chi connectivity index (χ2v) is 4.39. The fraction of sp³-hybridized carbons (Fsp3) is 0.846. The number of hydrogen-bond acceptors (Lipinski definition) is 3. The normalized spacial score (nSPS) is 12.1. The van der Waals surface area contributed by atoms with Crippen LogP contribution in [0.1, 0.15) is 52.4 Å². The van der Waals surface area contributed by atoms with Crippen LogP contribution in [0.4, 0.5) is 0 Å². The van der Waals surface area contributed by atoms with E-state index in [1.54, 1.807) is 0 Å². The first kappa shape index (κ1) is 16.9. The molecule has 0 bridgehead atoms. The molecular weight excluding hydrogens is 232 g/mol. The van der Waals surface area contributed by atoms with Crippen molar-refractivity contribution in [3.05, 3.63) is 0 Å². The Kier molecular flexibility index (Phi) is 10.3. The van der Waals surface area contributed by atoms with Crippen LogP contribution < -0.4 is 10.6 Å². The molecule has 0 aliphatic heterocycles. The van der Waals surface area contributed by atoms with Gasteiger partial charge in [-0.15, -0.1) is 0 Å². The molecule has 0 aliphatic carbocycles. The Labute approximate surface area is 109 Å². The van der Waals surface area contributed by atoms with Crippen LogP contribution in [0, 0.1) is 0 Å². The Bertz CT molecular complexity index is 244. The minimum Gasteiger partial charge on any atom is -0.481 e. The summed E-state index contributed by atoms with van der Waals surface area (Å²) in [5.74, 6) is -0.955. The largest absolute Gasteiger partial charge is 0.481 e. The maximum atomic E-state index is 11.8. The van der Waals surface area contributed by atoms with E-state index >= 15 is 0 Å². The molecule has 1 atom stereocenters. The van der Waals surface area contributed by atoms with Crippen LogP contribution >= 0.6 is 0 Å². The molecule has 0 rings (SSSR count). The van der Waals surface area contributed by atoms with Gasteiger partial charge in [-0.1, -0.05) is 33.1 Å². The number of aliphatic carboxylic acids is 1. The number of likely N-dealkylation sites (N-methyl/N-ethyl adjacent to an activating group) is 1. The van der Waals surface area contributed by atoms with Crippen LogP contribution in [-0.2, 0) is 9.59 Å². The van der Waals surface area contributed by atoms with Crippen molar-refractivity contribution in [3.63, 3.8) is 0 Å². The van der Waals surface area contributed by atoms with Crippen LogP contribution in [0.5, 0.6) is 0 Å². The number of carbonyl (C=O) groups excluding carboxylic acids is 1. The number of hydrogen-bond donors (Lipinski definition) is 3. The summed E-state index contributed by atoms with van der Waals surface area (Å²) in [6.45, 7) is 5.38. The van der Waals surface area contributed by atoms with Gasteiger partial charge in [0.05, 0.1) is 6.04 Å². The summed E-state index contributed by atoms with van der Waals surface area (Å²) in [7, 11) is 0. The van der Waals surface area contributed by atoms with Crippen molar-refractivity contribution in [1.82, 2.24) is 10.6 Å². The van der Waals surface area contributed by atoms with Crippen molar-refractivity contribution in [3.8, 4) is 0 Å². The van der Waals surface area contributed by atoms with Crippen molar-refractivity contribution in [2.75, 3.05) is 13.1 Å². The highest BCUT2D eigenvalue weighted by molar-refractivity contribution is 5.82. The zero-order chi connectivity index (χ0) is 13.8. The van der Waals surface area contributed by atoms with E-state index in [1.165, 1.54) is 12.8 Å². The molecule has 106 valence electrons. The lowest BCUT2D eigenvalue weighted by atomic mass is 10.1. The van der Waals surface area contributed by atoms with Gasteiger partial charge >= 0.3 is 5.97 Å². The third-order valence-corrected chi connectivity index (χ3v) is 2.74. The molecule has 0 aromatic rings. The SMILES string of the molecule is CCCCCCNC(=O)[C@H](CCC(=O)O)NCC. The molecule has 0 unspecified atom stereocenters. The lowest BCUT2D eigenvalue weighted by Crippen LogP contribution is -2.44.